The van der Waals surface area contributed by atoms with E-state index in [0.29, 0.717) is 12.4 Å². The highest BCUT2D eigenvalue weighted by Gasteiger charge is 2.09. The van der Waals surface area contributed by atoms with Gasteiger partial charge in [-0.25, -0.2) is 0 Å². The molecule has 0 bridgehead atoms. The summed E-state index contributed by atoms with van der Waals surface area (Å²) in [6, 6.07) is 9.58. The van der Waals surface area contributed by atoms with Crippen molar-refractivity contribution in [3.63, 3.8) is 0 Å². The van der Waals surface area contributed by atoms with Crippen LogP contribution in [0, 0.1) is 0 Å². The van der Waals surface area contributed by atoms with Gasteiger partial charge in [-0.05, 0) is 18.6 Å². The van der Waals surface area contributed by atoms with Gasteiger partial charge in [0.15, 0.2) is 11.5 Å². The first kappa shape index (κ1) is 14.0. The molecule has 20 heavy (non-hydrogen) atoms. The number of nitrogens with zero attached hydrogens (tertiary/aromatic N) is 2. The van der Waals surface area contributed by atoms with Gasteiger partial charge in [0.1, 0.15) is 0 Å². The molecule has 106 valence electrons. The lowest BCUT2D eigenvalue weighted by atomic mass is 10.3. The Kier molecular flexibility index (Phi) is 5.11. The summed E-state index contributed by atoms with van der Waals surface area (Å²) in [7, 11) is 0. The van der Waals surface area contributed by atoms with Crippen molar-refractivity contribution in [2.24, 2.45) is 10.2 Å². The van der Waals surface area contributed by atoms with Gasteiger partial charge in [0.2, 0.25) is 0 Å². The predicted molar refractivity (Wildman–Crippen MR) is 80.0 cm³/mol. The van der Waals surface area contributed by atoms with Crippen molar-refractivity contribution in [3.8, 4) is 0 Å². The summed E-state index contributed by atoms with van der Waals surface area (Å²) in [6.45, 7) is 2.78. The molecule has 1 aromatic carbocycles. The number of hydrogen-bond acceptors (Lipinski definition) is 4. The molecule has 0 amide bonds. The van der Waals surface area contributed by atoms with Gasteiger partial charge in [0.05, 0.1) is 6.54 Å². The van der Waals surface area contributed by atoms with E-state index in [1.54, 1.807) is 0 Å². The van der Waals surface area contributed by atoms with Gasteiger partial charge in [0.25, 0.3) is 5.56 Å². The van der Waals surface area contributed by atoms with E-state index in [1.807, 2.05) is 30.3 Å². The molecule has 2 aromatic rings. The number of para-hydroxylation sites is 1. The highest BCUT2D eigenvalue weighted by atomic mass is 16.1. The molecule has 0 aliphatic rings. The van der Waals surface area contributed by atoms with Gasteiger partial charge in [0, 0.05) is 5.69 Å². The third kappa shape index (κ3) is 3.81. The number of aromatic amines is 2. The lowest BCUT2D eigenvalue weighted by molar-refractivity contribution is 0.713. The average molecular weight is 273 g/mol. The molecule has 0 aliphatic carbocycles. The predicted octanol–water partition coefficient (Wildman–Crippen LogP) is 3.72. The molecule has 1 aromatic heterocycles. The number of H-pyrrole nitrogens is 2. The van der Waals surface area contributed by atoms with Crippen molar-refractivity contribution in [2.75, 3.05) is 11.9 Å². The molecular formula is C14H19N5O. The molecule has 0 unspecified atom stereocenters. The molecule has 3 N–H and O–H groups in total. The smallest absolute Gasteiger partial charge is 0.293 e. The molecule has 0 radical (unpaired) electrons. The molecule has 0 saturated carbocycles. The summed E-state index contributed by atoms with van der Waals surface area (Å²) in [5.41, 5.74) is 0.887. The largest absolute Gasteiger partial charge is 0.339 e. The molecule has 1 heterocycles. The number of azo groups is 1. The molecule has 0 atom stereocenters. The van der Waals surface area contributed by atoms with Gasteiger partial charge < -0.3 is 5.32 Å². The maximum absolute atomic E-state index is 11.7. The number of benzene rings is 1. The fourth-order valence-corrected chi connectivity index (χ4v) is 1.76. The second-order valence-corrected chi connectivity index (χ2v) is 4.47. The lowest BCUT2D eigenvalue weighted by Gasteiger charge is -2.03. The van der Waals surface area contributed by atoms with Gasteiger partial charge in [-0.1, -0.05) is 38.0 Å². The summed E-state index contributed by atoms with van der Waals surface area (Å²) in [4.78, 5) is 11.7. The Morgan fingerprint density at radius 3 is 2.70 bits per heavy atom. The summed E-state index contributed by atoms with van der Waals surface area (Å²) in [5.74, 6) is 0.528. The van der Waals surface area contributed by atoms with Crippen LogP contribution in [0.2, 0.25) is 0 Å². The number of unbranched alkanes of at least 4 members (excludes halogenated alkanes) is 2. The van der Waals surface area contributed by atoms with Crippen molar-refractivity contribution in [1.82, 2.24) is 10.2 Å². The second kappa shape index (κ2) is 7.28. The zero-order valence-electron chi connectivity index (χ0n) is 11.5. The van der Waals surface area contributed by atoms with Gasteiger partial charge in [-0.3, -0.25) is 15.0 Å². The quantitative estimate of drug-likeness (QED) is 0.530. The molecule has 0 spiro atoms. The van der Waals surface area contributed by atoms with E-state index >= 15 is 0 Å². The average Bonchev–Trinajstić information content (AvgIpc) is 2.81. The number of rotatable bonds is 7. The number of hydrogen-bond donors (Lipinski definition) is 3. The normalized spacial score (nSPS) is 11.1. The van der Waals surface area contributed by atoms with E-state index in [2.05, 4.69) is 32.7 Å². The monoisotopic (exact) mass is 273 g/mol. The van der Waals surface area contributed by atoms with Crippen molar-refractivity contribution < 1.29 is 0 Å². The highest BCUT2D eigenvalue weighted by molar-refractivity contribution is 5.66. The Hall–Kier alpha value is -2.37. The molecule has 0 aliphatic heterocycles. The van der Waals surface area contributed by atoms with E-state index in [9.17, 15) is 4.79 Å². The van der Waals surface area contributed by atoms with Crippen LogP contribution >= 0.6 is 0 Å². The van der Waals surface area contributed by atoms with Crippen molar-refractivity contribution in [3.05, 3.63) is 40.7 Å². The van der Waals surface area contributed by atoms with Crippen molar-refractivity contribution in [2.45, 2.75) is 26.2 Å². The highest BCUT2D eigenvalue weighted by Crippen LogP contribution is 2.21. The van der Waals surface area contributed by atoms with Crippen LogP contribution in [0.3, 0.4) is 0 Å². The van der Waals surface area contributed by atoms with E-state index in [4.69, 9.17) is 0 Å². The third-order valence-electron chi connectivity index (χ3n) is 2.83. The maximum atomic E-state index is 11.7. The van der Waals surface area contributed by atoms with E-state index in [-0.39, 0.29) is 11.2 Å². The van der Waals surface area contributed by atoms with Crippen LogP contribution in [0.15, 0.2) is 45.4 Å². The first-order valence-electron chi connectivity index (χ1n) is 6.81. The van der Waals surface area contributed by atoms with Crippen LogP contribution in [-0.4, -0.2) is 16.7 Å². The Morgan fingerprint density at radius 2 is 1.95 bits per heavy atom. The van der Waals surface area contributed by atoms with Crippen molar-refractivity contribution >= 4 is 17.2 Å². The number of aromatic nitrogens is 2. The fourth-order valence-electron chi connectivity index (χ4n) is 1.76. The van der Waals surface area contributed by atoms with Gasteiger partial charge in [-0.15, -0.1) is 5.11 Å². The maximum Gasteiger partial charge on any atom is 0.293 e. The molecular weight excluding hydrogens is 254 g/mol. The third-order valence-corrected chi connectivity index (χ3v) is 2.83. The summed E-state index contributed by atoms with van der Waals surface area (Å²) >= 11 is 0. The second-order valence-electron chi connectivity index (χ2n) is 4.47. The van der Waals surface area contributed by atoms with Crippen LogP contribution in [0.25, 0.3) is 0 Å². The SMILES string of the molecule is CCCCCN=Nc1c(Nc2ccccc2)[nH][nH]c1=O. The topological polar surface area (TPSA) is 85.4 Å². The van der Waals surface area contributed by atoms with E-state index in [0.717, 1.165) is 24.9 Å². The van der Waals surface area contributed by atoms with Crippen LogP contribution < -0.4 is 10.9 Å². The number of nitrogens with one attached hydrogen (secondary N) is 3. The summed E-state index contributed by atoms with van der Waals surface area (Å²) < 4.78 is 0. The first-order valence-corrected chi connectivity index (χ1v) is 6.81. The minimum atomic E-state index is -0.275. The Morgan fingerprint density at radius 1 is 1.15 bits per heavy atom. The van der Waals surface area contributed by atoms with Gasteiger partial charge >= 0.3 is 0 Å². The van der Waals surface area contributed by atoms with Crippen LogP contribution in [0.5, 0.6) is 0 Å². The van der Waals surface area contributed by atoms with Gasteiger partial charge in [-0.2, -0.15) is 5.11 Å². The van der Waals surface area contributed by atoms with Crippen LogP contribution in [0.1, 0.15) is 26.2 Å². The first-order chi connectivity index (χ1) is 9.81. The Bertz CT molecular complexity index is 600. The minimum absolute atomic E-state index is 0.275. The lowest BCUT2D eigenvalue weighted by Crippen LogP contribution is -1.97. The molecule has 2 rings (SSSR count). The minimum Gasteiger partial charge on any atom is -0.339 e. The molecule has 6 nitrogen and oxygen atoms in total. The molecule has 6 heteroatoms. The molecule has 0 saturated heterocycles. The van der Waals surface area contributed by atoms with Crippen LogP contribution in [-0.2, 0) is 0 Å². The van der Waals surface area contributed by atoms with Crippen molar-refractivity contribution in [1.29, 1.82) is 0 Å². The Balaban J connectivity index is 2.06. The van der Waals surface area contributed by atoms with Crippen LogP contribution in [0.4, 0.5) is 17.2 Å². The van der Waals surface area contributed by atoms with E-state index < -0.39 is 0 Å². The van der Waals surface area contributed by atoms with E-state index in [1.165, 1.54) is 0 Å². The zero-order valence-corrected chi connectivity index (χ0v) is 11.5. The zero-order chi connectivity index (χ0) is 14.2. The standard InChI is InChI=1S/C14H19N5O/c1-2-3-7-10-15-17-12-13(18-19-14(12)20)16-11-8-5-4-6-9-11/h4-6,8-9H,2-3,7,10H2,1H3,(H3,16,18,19,20). The molecule has 0 fully saturated rings. The summed E-state index contributed by atoms with van der Waals surface area (Å²) in [5, 5.41) is 16.5. The summed E-state index contributed by atoms with van der Waals surface area (Å²) in [6.07, 6.45) is 3.25. The Labute approximate surface area is 117 Å². The fraction of sp³-hybridized carbons (Fsp3) is 0.357. The number of anilines is 2.